The Morgan fingerprint density at radius 2 is 1.96 bits per heavy atom. The average Bonchev–Trinajstić information content (AvgIpc) is 3.04. The molecule has 1 fully saturated rings. The van der Waals surface area contributed by atoms with E-state index in [1.165, 1.54) is 32.4 Å². The van der Waals surface area contributed by atoms with Crippen LogP contribution in [0, 0.1) is 0 Å². The molecule has 1 aromatic carbocycles. The van der Waals surface area contributed by atoms with Crippen LogP contribution in [0.3, 0.4) is 0 Å². The third kappa shape index (κ3) is 5.15. The van der Waals surface area contributed by atoms with Gasteiger partial charge in [0.25, 0.3) is 5.91 Å². The van der Waals surface area contributed by atoms with E-state index in [4.69, 9.17) is 9.47 Å². The second kappa shape index (κ2) is 9.27. The molecule has 1 aliphatic rings. The molecule has 8 nitrogen and oxygen atoms in total. The van der Waals surface area contributed by atoms with E-state index in [2.05, 4.69) is 4.74 Å². The molecule has 1 heterocycles. The fourth-order valence-corrected chi connectivity index (χ4v) is 4.96. The molecule has 1 amide bonds. The molecule has 156 valence electrons. The average molecular weight is 413 g/mol. The van der Waals surface area contributed by atoms with Crippen LogP contribution in [0.25, 0.3) is 0 Å². The topological polar surface area (TPSA) is 99.2 Å². The van der Waals surface area contributed by atoms with Gasteiger partial charge in [0.1, 0.15) is 0 Å². The minimum Gasteiger partial charge on any atom is -0.493 e. The lowest BCUT2D eigenvalue weighted by molar-refractivity contribution is -0.137. The van der Waals surface area contributed by atoms with Gasteiger partial charge in [-0.15, -0.1) is 0 Å². The number of benzene rings is 1. The highest BCUT2D eigenvalue weighted by molar-refractivity contribution is 7.91. The monoisotopic (exact) mass is 413 g/mol. The molecule has 2 rings (SSSR count). The number of methoxy groups -OCH3 is 2. The number of amides is 1. The quantitative estimate of drug-likeness (QED) is 0.598. The Kier molecular flexibility index (Phi) is 7.29. The number of rotatable bonds is 8. The molecule has 28 heavy (non-hydrogen) atoms. The number of carbonyl (C=O) groups excluding carboxylic acids is 2. The van der Waals surface area contributed by atoms with Crippen molar-refractivity contribution in [3.63, 3.8) is 0 Å². The van der Waals surface area contributed by atoms with Crippen molar-refractivity contribution in [3.05, 3.63) is 23.8 Å². The summed E-state index contributed by atoms with van der Waals surface area (Å²) in [6, 6.07) is 4.09. The Bertz CT molecular complexity index is 822. The van der Waals surface area contributed by atoms with Gasteiger partial charge in [-0.1, -0.05) is 6.92 Å². The standard InChI is InChI=1S/C19H27NO7S/c1-5-13(2)20(15-8-9-28(23,24)12-15)18(21)11-27-16-7-6-14(19(22)26-4)10-17(16)25-3/h6-7,10,13,15H,5,8-9,11-12H2,1-4H3/t13-,15-/m1/s1. The smallest absolute Gasteiger partial charge is 0.337 e. The zero-order valence-electron chi connectivity index (χ0n) is 16.6. The van der Waals surface area contributed by atoms with Crippen LogP contribution < -0.4 is 9.47 Å². The molecular weight excluding hydrogens is 386 g/mol. The highest BCUT2D eigenvalue weighted by atomic mass is 32.2. The fourth-order valence-electron chi connectivity index (χ4n) is 3.25. The Morgan fingerprint density at radius 3 is 2.50 bits per heavy atom. The van der Waals surface area contributed by atoms with Gasteiger partial charge in [-0.05, 0) is 38.0 Å². The fraction of sp³-hybridized carbons (Fsp3) is 0.579. The van der Waals surface area contributed by atoms with Crippen molar-refractivity contribution in [3.8, 4) is 11.5 Å². The van der Waals surface area contributed by atoms with Gasteiger partial charge in [-0.3, -0.25) is 4.79 Å². The molecule has 1 aliphatic heterocycles. The summed E-state index contributed by atoms with van der Waals surface area (Å²) in [7, 11) is -0.395. The van der Waals surface area contributed by atoms with Crippen LogP contribution in [0.15, 0.2) is 18.2 Å². The van der Waals surface area contributed by atoms with Gasteiger partial charge in [0.05, 0.1) is 31.3 Å². The number of hydrogen-bond donors (Lipinski definition) is 0. The van der Waals surface area contributed by atoms with Crippen molar-refractivity contribution in [2.24, 2.45) is 0 Å². The lowest BCUT2D eigenvalue weighted by Crippen LogP contribution is -2.48. The van der Waals surface area contributed by atoms with Crippen LogP contribution >= 0.6 is 0 Å². The van der Waals surface area contributed by atoms with Gasteiger partial charge in [-0.2, -0.15) is 0 Å². The molecular formula is C19H27NO7S. The predicted octanol–water partition coefficient (Wildman–Crippen LogP) is 1.67. The van der Waals surface area contributed by atoms with Crippen LogP contribution in [-0.2, 0) is 19.4 Å². The summed E-state index contributed by atoms with van der Waals surface area (Å²) >= 11 is 0. The molecule has 0 aromatic heterocycles. The van der Waals surface area contributed by atoms with Crippen molar-refractivity contribution in [2.45, 2.75) is 38.8 Å². The first-order chi connectivity index (χ1) is 13.2. The van der Waals surface area contributed by atoms with E-state index in [1.807, 2.05) is 13.8 Å². The lowest BCUT2D eigenvalue weighted by Gasteiger charge is -2.33. The summed E-state index contributed by atoms with van der Waals surface area (Å²) in [5.41, 5.74) is 0.301. The first-order valence-electron chi connectivity index (χ1n) is 9.13. The van der Waals surface area contributed by atoms with E-state index in [-0.39, 0.29) is 36.1 Å². The molecule has 0 N–H and O–H groups in total. The predicted molar refractivity (Wildman–Crippen MR) is 103 cm³/mol. The zero-order chi connectivity index (χ0) is 20.9. The molecule has 2 atom stereocenters. The van der Waals surface area contributed by atoms with Crippen molar-refractivity contribution < 1.29 is 32.2 Å². The highest BCUT2D eigenvalue weighted by Crippen LogP contribution is 2.29. The Morgan fingerprint density at radius 1 is 1.25 bits per heavy atom. The van der Waals surface area contributed by atoms with Gasteiger partial charge < -0.3 is 19.1 Å². The minimum absolute atomic E-state index is 0.0137. The number of esters is 1. The van der Waals surface area contributed by atoms with Gasteiger partial charge in [-0.25, -0.2) is 13.2 Å². The van der Waals surface area contributed by atoms with Crippen LogP contribution in [0.5, 0.6) is 11.5 Å². The van der Waals surface area contributed by atoms with E-state index < -0.39 is 15.8 Å². The second-order valence-electron chi connectivity index (χ2n) is 6.76. The Labute approximate surface area is 165 Å². The minimum atomic E-state index is -3.11. The van der Waals surface area contributed by atoms with Crippen molar-refractivity contribution in [1.82, 2.24) is 4.90 Å². The third-order valence-electron chi connectivity index (χ3n) is 4.89. The maximum Gasteiger partial charge on any atom is 0.337 e. The Balaban J connectivity index is 2.13. The van der Waals surface area contributed by atoms with Crippen LogP contribution in [0.4, 0.5) is 0 Å². The number of hydrogen-bond acceptors (Lipinski definition) is 7. The van der Waals surface area contributed by atoms with Crippen LogP contribution in [0.2, 0.25) is 0 Å². The molecule has 0 unspecified atom stereocenters. The highest BCUT2D eigenvalue weighted by Gasteiger charge is 2.36. The van der Waals surface area contributed by atoms with Crippen LogP contribution in [0.1, 0.15) is 37.0 Å². The summed E-state index contributed by atoms with van der Waals surface area (Å²) in [6.45, 7) is 3.59. The second-order valence-corrected chi connectivity index (χ2v) is 8.99. The van der Waals surface area contributed by atoms with E-state index in [1.54, 1.807) is 4.90 Å². The van der Waals surface area contributed by atoms with E-state index in [0.29, 0.717) is 29.9 Å². The third-order valence-corrected chi connectivity index (χ3v) is 6.64. The molecule has 0 bridgehead atoms. The van der Waals surface area contributed by atoms with E-state index in [9.17, 15) is 18.0 Å². The van der Waals surface area contributed by atoms with Gasteiger partial charge in [0.2, 0.25) is 0 Å². The molecule has 1 aromatic rings. The molecule has 0 radical (unpaired) electrons. The normalized spacial score (nSPS) is 18.9. The maximum absolute atomic E-state index is 12.8. The zero-order valence-corrected chi connectivity index (χ0v) is 17.5. The molecule has 9 heteroatoms. The summed E-state index contributed by atoms with van der Waals surface area (Å²) in [5.74, 6) is -0.0929. The van der Waals surface area contributed by atoms with Gasteiger partial charge in [0, 0.05) is 12.1 Å². The molecule has 0 saturated carbocycles. The van der Waals surface area contributed by atoms with Crippen molar-refractivity contribution >= 4 is 21.7 Å². The van der Waals surface area contributed by atoms with Crippen molar-refractivity contribution in [2.75, 3.05) is 32.3 Å². The number of carbonyl (C=O) groups is 2. The van der Waals surface area contributed by atoms with Gasteiger partial charge >= 0.3 is 5.97 Å². The SMILES string of the molecule is CC[C@@H](C)N(C(=O)COc1ccc(C(=O)OC)cc1OC)[C@@H]1CCS(=O)(=O)C1. The largest absolute Gasteiger partial charge is 0.493 e. The molecule has 0 aliphatic carbocycles. The van der Waals surface area contributed by atoms with E-state index >= 15 is 0 Å². The maximum atomic E-state index is 12.8. The van der Waals surface area contributed by atoms with Gasteiger partial charge in [0.15, 0.2) is 27.9 Å². The summed E-state index contributed by atoms with van der Waals surface area (Å²) in [5, 5.41) is 0. The summed E-state index contributed by atoms with van der Waals surface area (Å²) < 4.78 is 39.2. The summed E-state index contributed by atoms with van der Waals surface area (Å²) in [6.07, 6.45) is 1.15. The first kappa shape index (κ1) is 22.0. The first-order valence-corrected chi connectivity index (χ1v) is 10.9. The molecule has 0 spiro atoms. The number of nitrogens with zero attached hydrogens (tertiary/aromatic N) is 1. The van der Waals surface area contributed by atoms with E-state index in [0.717, 1.165) is 0 Å². The van der Waals surface area contributed by atoms with Crippen LogP contribution in [-0.4, -0.2) is 69.6 Å². The summed E-state index contributed by atoms with van der Waals surface area (Å²) in [4.78, 5) is 26.1. The number of sulfone groups is 1. The van der Waals surface area contributed by atoms with Crippen molar-refractivity contribution in [1.29, 1.82) is 0 Å². The Hall–Kier alpha value is -2.29. The lowest BCUT2D eigenvalue weighted by atomic mass is 10.1. The molecule has 1 saturated heterocycles. The number of ether oxygens (including phenoxy) is 3.